The third-order valence-corrected chi connectivity index (χ3v) is 6.25. The van der Waals surface area contributed by atoms with Crippen molar-refractivity contribution in [2.24, 2.45) is 10.9 Å². The monoisotopic (exact) mass is 571 g/mol. The number of ether oxygens (including phenoxy) is 1. The molecule has 33 heavy (non-hydrogen) atoms. The van der Waals surface area contributed by atoms with Gasteiger partial charge in [0, 0.05) is 32.2 Å². The number of hydrogen-bond acceptors (Lipinski definition) is 4. The highest BCUT2D eigenvalue weighted by Crippen LogP contribution is 2.19. The van der Waals surface area contributed by atoms with Crippen LogP contribution in [-0.4, -0.2) is 62.1 Å². The second-order valence-corrected chi connectivity index (χ2v) is 9.35. The lowest BCUT2D eigenvalue weighted by Crippen LogP contribution is -2.49. The fourth-order valence-electron chi connectivity index (χ4n) is 4.21. The molecule has 1 unspecified atom stereocenters. The van der Waals surface area contributed by atoms with E-state index in [1.165, 1.54) is 38.8 Å². The number of likely N-dealkylation sites (tertiary alicyclic amines) is 1. The van der Waals surface area contributed by atoms with Gasteiger partial charge in [-0.05, 0) is 62.4 Å². The molecule has 2 aliphatic rings. The number of carbonyl (C=O) groups excluding carboxylic acids is 1. The average molecular weight is 572 g/mol. The van der Waals surface area contributed by atoms with E-state index in [4.69, 9.17) is 4.74 Å². The summed E-state index contributed by atoms with van der Waals surface area (Å²) in [4.78, 5) is 18.9. The van der Waals surface area contributed by atoms with E-state index in [0.717, 1.165) is 30.9 Å². The Morgan fingerprint density at radius 1 is 1.15 bits per heavy atom. The van der Waals surface area contributed by atoms with Crippen LogP contribution in [0.2, 0.25) is 0 Å². The van der Waals surface area contributed by atoms with Crippen molar-refractivity contribution in [2.75, 3.05) is 33.3 Å². The first-order valence-electron chi connectivity index (χ1n) is 12.2. The molecule has 1 atom stereocenters. The summed E-state index contributed by atoms with van der Waals surface area (Å²) in [6.07, 6.45) is 7.47. The lowest BCUT2D eigenvalue weighted by atomic mass is 10.0. The Kier molecular flexibility index (Phi) is 12.3. The molecular formula is C25H42IN5O2. The highest BCUT2D eigenvalue weighted by atomic mass is 127. The van der Waals surface area contributed by atoms with Gasteiger partial charge in [0.25, 0.3) is 5.91 Å². The van der Waals surface area contributed by atoms with Gasteiger partial charge in [-0.2, -0.15) is 0 Å². The van der Waals surface area contributed by atoms with E-state index in [0.29, 0.717) is 30.3 Å². The summed E-state index contributed by atoms with van der Waals surface area (Å²) in [7, 11) is 1.81. The molecule has 0 bridgehead atoms. The van der Waals surface area contributed by atoms with Crippen molar-refractivity contribution in [3.05, 3.63) is 29.8 Å². The van der Waals surface area contributed by atoms with Crippen molar-refractivity contribution in [2.45, 2.75) is 71.0 Å². The zero-order valence-electron chi connectivity index (χ0n) is 20.4. The molecule has 0 aromatic heterocycles. The number of aliphatic imine (C=N–C) groups is 1. The van der Waals surface area contributed by atoms with Crippen molar-refractivity contribution in [1.82, 2.24) is 20.9 Å². The zero-order valence-corrected chi connectivity index (χ0v) is 22.8. The molecule has 0 spiro atoms. The van der Waals surface area contributed by atoms with E-state index < -0.39 is 0 Å². The van der Waals surface area contributed by atoms with Gasteiger partial charge in [-0.25, -0.2) is 0 Å². The Hall–Kier alpha value is -1.55. The number of halogens is 1. The maximum absolute atomic E-state index is 11.8. The lowest BCUT2D eigenvalue weighted by molar-refractivity contribution is -0.123. The molecule has 3 rings (SSSR count). The molecule has 0 radical (unpaired) electrons. The normalized spacial score (nSPS) is 18.1. The average Bonchev–Trinajstić information content (AvgIpc) is 3.62. The van der Waals surface area contributed by atoms with Gasteiger partial charge in [0.05, 0.1) is 0 Å². The van der Waals surface area contributed by atoms with E-state index in [1.54, 1.807) is 0 Å². The molecule has 1 saturated heterocycles. The van der Waals surface area contributed by atoms with Crippen LogP contribution in [0.25, 0.3) is 0 Å². The third-order valence-electron chi connectivity index (χ3n) is 6.25. The minimum atomic E-state index is -0.0512. The zero-order chi connectivity index (χ0) is 22.8. The summed E-state index contributed by atoms with van der Waals surface area (Å²) >= 11 is 0. The van der Waals surface area contributed by atoms with E-state index >= 15 is 0 Å². The highest BCUT2D eigenvalue weighted by molar-refractivity contribution is 14.0. The molecule has 1 heterocycles. The number of carbonyl (C=O) groups is 1. The predicted octanol–water partition coefficient (Wildman–Crippen LogP) is 3.53. The van der Waals surface area contributed by atoms with Crippen LogP contribution in [0.3, 0.4) is 0 Å². The summed E-state index contributed by atoms with van der Waals surface area (Å²) in [6, 6.07) is 8.72. The molecule has 1 saturated carbocycles. The summed E-state index contributed by atoms with van der Waals surface area (Å²) in [5, 5.41) is 9.88. The molecule has 1 amide bonds. The molecule has 1 aliphatic carbocycles. The number of amides is 1. The topological polar surface area (TPSA) is 78.0 Å². The van der Waals surface area contributed by atoms with E-state index in [-0.39, 0.29) is 36.5 Å². The van der Waals surface area contributed by atoms with Crippen LogP contribution in [-0.2, 0) is 11.3 Å². The van der Waals surface area contributed by atoms with Gasteiger partial charge < -0.3 is 20.7 Å². The maximum atomic E-state index is 11.8. The van der Waals surface area contributed by atoms with E-state index in [9.17, 15) is 4.79 Å². The number of hydrogen-bond donors (Lipinski definition) is 3. The van der Waals surface area contributed by atoms with Crippen molar-refractivity contribution < 1.29 is 9.53 Å². The molecule has 186 valence electrons. The molecule has 1 aromatic rings. The minimum Gasteiger partial charge on any atom is -0.484 e. The fourth-order valence-corrected chi connectivity index (χ4v) is 4.21. The molecule has 8 heteroatoms. The van der Waals surface area contributed by atoms with Gasteiger partial charge in [-0.15, -0.1) is 24.0 Å². The van der Waals surface area contributed by atoms with Gasteiger partial charge in [0.2, 0.25) is 0 Å². The minimum absolute atomic E-state index is 0. The molecule has 1 aromatic carbocycles. The Balaban J connectivity index is 0.00000385. The van der Waals surface area contributed by atoms with Crippen LogP contribution in [0.1, 0.15) is 57.9 Å². The van der Waals surface area contributed by atoms with Crippen LogP contribution in [0.4, 0.5) is 0 Å². The highest BCUT2D eigenvalue weighted by Gasteiger charge is 2.24. The summed E-state index contributed by atoms with van der Waals surface area (Å²) in [6.45, 7) is 8.60. The van der Waals surface area contributed by atoms with Gasteiger partial charge in [0.1, 0.15) is 5.75 Å². The molecular weight excluding hydrogens is 529 g/mol. The van der Waals surface area contributed by atoms with Gasteiger partial charge in [-0.1, -0.05) is 38.8 Å². The van der Waals surface area contributed by atoms with Gasteiger partial charge in [0.15, 0.2) is 12.6 Å². The van der Waals surface area contributed by atoms with Crippen molar-refractivity contribution in [3.8, 4) is 5.75 Å². The van der Waals surface area contributed by atoms with Crippen LogP contribution in [0.5, 0.6) is 5.75 Å². The molecule has 3 N–H and O–H groups in total. The fraction of sp³-hybridized carbons (Fsp3) is 0.680. The third kappa shape index (κ3) is 10.1. The van der Waals surface area contributed by atoms with E-state index in [2.05, 4.69) is 39.7 Å². The van der Waals surface area contributed by atoms with Crippen LogP contribution >= 0.6 is 24.0 Å². The lowest BCUT2D eigenvalue weighted by Gasteiger charge is -2.34. The van der Waals surface area contributed by atoms with Crippen LogP contribution < -0.4 is 20.7 Å². The standard InChI is InChI=1S/C25H41N5O2.HI/c1-19(2)23(30-13-6-4-5-7-14-30)17-28-25(26-3)27-16-20-9-8-10-22(15-20)32-18-24(31)29-21-11-12-21;/h8-10,15,19,21,23H,4-7,11-14,16-18H2,1-3H3,(H,29,31)(H2,26,27,28);1H. The second-order valence-electron chi connectivity index (χ2n) is 9.35. The number of guanidine groups is 1. The van der Waals surface area contributed by atoms with Crippen molar-refractivity contribution >= 4 is 35.8 Å². The first-order chi connectivity index (χ1) is 15.5. The Bertz CT molecular complexity index is 746. The van der Waals surface area contributed by atoms with Gasteiger partial charge >= 0.3 is 0 Å². The Morgan fingerprint density at radius 2 is 1.88 bits per heavy atom. The Morgan fingerprint density at radius 3 is 2.52 bits per heavy atom. The number of nitrogens with one attached hydrogen (secondary N) is 3. The SMILES string of the molecule is CN=C(NCc1cccc(OCC(=O)NC2CC2)c1)NCC(C(C)C)N1CCCCCC1.I. The Labute approximate surface area is 216 Å². The number of nitrogens with zero attached hydrogens (tertiary/aromatic N) is 2. The maximum Gasteiger partial charge on any atom is 0.258 e. The van der Waals surface area contributed by atoms with E-state index in [1.807, 2.05) is 31.3 Å². The smallest absolute Gasteiger partial charge is 0.258 e. The van der Waals surface area contributed by atoms with Crippen LogP contribution in [0, 0.1) is 5.92 Å². The number of benzene rings is 1. The quantitative estimate of drug-likeness (QED) is 0.228. The van der Waals surface area contributed by atoms with Gasteiger partial charge in [-0.3, -0.25) is 14.7 Å². The number of rotatable bonds is 10. The van der Waals surface area contributed by atoms with Crippen molar-refractivity contribution in [3.63, 3.8) is 0 Å². The first kappa shape index (κ1) is 27.7. The largest absolute Gasteiger partial charge is 0.484 e. The summed E-state index contributed by atoms with van der Waals surface area (Å²) in [5.41, 5.74) is 1.08. The summed E-state index contributed by atoms with van der Waals surface area (Å²) < 4.78 is 5.66. The first-order valence-corrected chi connectivity index (χ1v) is 12.2. The summed E-state index contributed by atoms with van der Waals surface area (Å²) in [5.74, 6) is 2.05. The molecule has 2 fully saturated rings. The molecule has 1 aliphatic heterocycles. The molecule has 7 nitrogen and oxygen atoms in total. The predicted molar refractivity (Wildman–Crippen MR) is 145 cm³/mol. The second kappa shape index (κ2) is 14.7. The van der Waals surface area contributed by atoms with Crippen LogP contribution in [0.15, 0.2) is 29.3 Å². The van der Waals surface area contributed by atoms with Crippen molar-refractivity contribution in [1.29, 1.82) is 0 Å².